The van der Waals surface area contributed by atoms with Gasteiger partial charge in [0.05, 0.1) is 22.4 Å². The van der Waals surface area contributed by atoms with Gasteiger partial charge in [-0.1, -0.05) is 17.4 Å². The van der Waals surface area contributed by atoms with E-state index in [1.807, 2.05) is 44.5 Å². The number of ether oxygens (including phenoxy) is 1. The van der Waals surface area contributed by atoms with Gasteiger partial charge in [-0.2, -0.15) is 0 Å². The van der Waals surface area contributed by atoms with Crippen LogP contribution in [0, 0.1) is 13.8 Å². The fourth-order valence-electron chi connectivity index (χ4n) is 3.68. The third-order valence-electron chi connectivity index (χ3n) is 5.43. The summed E-state index contributed by atoms with van der Waals surface area (Å²) in [5.74, 6) is -0.430. The van der Waals surface area contributed by atoms with Crippen molar-refractivity contribution in [2.45, 2.75) is 33.7 Å². The second-order valence-corrected chi connectivity index (χ2v) is 9.19. The molecule has 0 aromatic carbocycles. The fourth-order valence-corrected chi connectivity index (χ4v) is 5.54. The number of esters is 1. The molecule has 0 radical (unpaired) electrons. The van der Waals surface area contributed by atoms with Gasteiger partial charge in [0.1, 0.15) is 6.04 Å². The number of hydrogen-bond donors (Lipinski definition) is 0. The molecular weight excluding hydrogens is 418 g/mol. The zero-order valence-electron chi connectivity index (χ0n) is 17.6. The zero-order chi connectivity index (χ0) is 21.6. The summed E-state index contributed by atoms with van der Waals surface area (Å²) in [7, 11) is 2.01. The van der Waals surface area contributed by atoms with E-state index >= 15 is 0 Å². The van der Waals surface area contributed by atoms with Gasteiger partial charge in [0, 0.05) is 23.3 Å². The van der Waals surface area contributed by atoms with Crippen LogP contribution in [0.2, 0.25) is 0 Å². The topological polar surface area (TPSA) is 65.6 Å². The Balaban J connectivity index is 1.96. The molecule has 0 N–H and O–H groups in total. The molecule has 0 spiro atoms. The van der Waals surface area contributed by atoms with Gasteiger partial charge in [0.2, 0.25) is 0 Å². The number of thiazole rings is 1. The number of allylic oxidation sites excluding steroid dienone is 1. The van der Waals surface area contributed by atoms with E-state index in [2.05, 4.69) is 15.6 Å². The first kappa shape index (κ1) is 20.6. The van der Waals surface area contributed by atoms with Crippen LogP contribution in [0.25, 0.3) is 6.08 Å². The predicted molar refractivity (Wildman–Crippen MR) is 120 cm³/mol. The van der Waals surface area contributed by atoms with Crippen LogP contribution in [0.1, 0.15) is 41.7 Å². The lowest BCUT2D eigenvalue weighted by Gasteiger charge is -2.23. The van der Waals surface area contributed by atoms with Crippen molar-refractivity contribution in [2.24, 2.45) is 12.0 Å². The Morgan fingerprint density at radius 3 is 2.70 bits per heavy atom. The molecule has 0 fully saturated rings. The maximum atomic E-state index is 13.5. The summed E-state index contributed by atoms with van der Waals surface area (Å²) >= 11 is 2.86. The Morgan fingerprint density at radius 1 is 1.33 bits per heavy atom. The first-order valence-electron chi connectivity index (χ1n) is 9.69. The van der Waals surface area contributed by atoms with Gasteiger partial charge in [-0.15, -0.1) is 11.3 Å². The molecule has 0 aliphatic carbocycles. The van der Waals surface area contributed by atoms with Gasteiger partial charge in [0.25, 0.3) is 5.56 Å². The molecule has 3 aromatic rings. The molecule has 0 amide bonds. The number of thiophene rings is 1. The average molecular weight is 442 g/mol. The van der Waals surface area contributed by atoms with E-state index in [1.165, 1.54) is 22.7 Å². The number of carbonyl (C=O) groups excluding carboxylic acids is 1. The van der Waals surface area contributed by atoms with Crippen molar-refractivity contribution >= 4 is 34.7 Å². The van der Waals surface area contributed by atoms with Crippen LogP contribution in [0.15, 0.2) is 44.6 Å². The molecule has 1 aliphatic rings. The third kappa shape index (κ3) is 3.30. The van der Waals surface area contributed by atoms with Crippen LogP contribution in [0.4, 0.5) is 0 Å². The summed E-state index contributed by atoms with van der Waals surface area (Å²) in [4.78, 5) is 32.3. The van der Waals surface area contributed by atoms with Crippen molar-refractivity contribution in [1.82, 2.24) is 9.13 Å². The van der Waals surface area contributed by atoms with Crippen LogP contribution < -0.4 is 14.9 Å². The summed E-state index contributed by atoms with van der Waals surface area (Å²) in [6.07, 6.45) is 1.92. The summed E-state index contributed by atoms with van der Waals surface area (Å²) < 4.78 is 9.62. The normalized spacial score (nSPS) is 16.6. The van der Waals surface area contributed by atoms with E-state index in [1.54, 1.807) is 18.4 Å². The van der Waals surface area contributed by atoms with Gasteiger partial charge in [0.15, 0.2) is 4.80 Å². The lowest BCUT2D eigenvalue weighted by atomic mass is 10.0. The van der Waals surface area contributed by atoms with Crippen LogP contribution >= 0.6 is 22.7 Å². The minimum Gasteiger partial charge on any atom is -0.463 e. The van der Waals surface area contributed by atoms with Gasteiger partial charge in [-0.25, -0.2) is 9.79 Å². The van der Waals surface area contributed by atoms with Crippen LogP contribution in [-0.2, 0) is 16.6 Å². The molecule has 0 bridgehead atoms. The predicted octanol–water partition coefficient (Wildman–Crippen LogP) is 2.82. The Kier molecular flexibility index (Phi) is 5.38. The maximum absolute atomic E-state index is 13.5. The summed E-state index contributed by atoms with van der Waals surface area (Å²) in [6.45, 7) is 7.91. The maximum Gasteiger partial charge on any atom is 0.338 e. The number of rotatable bonds is 4. The summed E-state index contributed by atoms with van der Waals surface area (Å²) in [5, 5.41) is 1.94. The molecule has 0 saturated heterocycles. The Morgan fingerprint density at radius 2 is 2.10 bits per heavy atom. The molecule has 4 heterocycles. The van der Waals surface area contributed by atoms with Crippen LogP contribution in [0.3, 0.4) is 0 Å². The minimum absolute atomic E-state index is 0.146. The van der Waals surface area contributed by atoms with E-state index in [0.29, 0.717) is 20.6 Å². The van der Waals surface area contributed by atoms with Crippen molar-refractivity contribution in [3.63, 3.8) is 0 Å². The number of fused-ring (bicyclic) bond motifs is 1. The number of aryl methyl sites for hydroxylation is 1. The van der Waals surface area contributed by atoms with Gasteiger partial charge < -0.3 is 9.30 Å². The molecule has 30 heavy (non-hydrogen) atoms. The second-order valence-electron chi connectivity index (χ2n) is 7.20. The first-order chi connectivity index (χ1) is 14.3. The van der Waals surface area contributed by atoms with E-state index in [0.717, 1.165) is 21.8 Å². The van der Waals surface area contributed by atoms with Gasteiger partial charge in [-0.05, 0) is 56.8 Å². The molecule has 0 saturated carbocycles. The molecule has 8 heteroatoms. The quantitative estimate of drug-likeness (QED) is 0.585. The smallest absolute Gasteiger partial charge is 0.338 e. The SMILES string of the molecule is CCOC(=O)C1=C(C)N=c2sc(=Cc3cc(C)n(C)c3C)c(=O)n2[C@H]1c1cccs1. The highest BCUT2D eigenvalue weighted by molar-refractivity contribution is 7.10. The van der Waals surface area contributed by atoms with Crippen LogP contribution in [0.5, 0.6) is 0 Å². The van der Waals surface area contributed by atoms with Crippen molar-refractivity contribution in [3.05, 3.63) is 76.4 Å². The van der Waals surface area contributed by atoms with Crippen molar-refractivity contribution < 1.29 is 9.53 Å². The Labute approximate surface area is 182 Å². The van der Waals surface area contributed by atoms with Gasteiger partial charge >= 0.3 is 5.97 Å². The largest absolute Gasteiger partial charge is 0.463 e. The molecule has 1 atom stereocenters. The number of hydrogen-bond acceptors (Lipinski definition) is 6. The van der Waals surface area contributed by atoms with Crippen LogP contribution in [-0.4, -0.2) is 21.7 Å². The molecule has 0 unspecified atom stereocenters. The highest BCUT2D eigenvalue weighted by Crippen LogP contribution is 2.33. The number of carbonyl (C=O) groups is 1. The summed E-state index contributed by atoms with van der Waals surface area (Å²) in [5.41, 5.74) is 4.10. The van der Waals surface area contributed by atoms with Crippen molar-refractivity contribution in [1.29, 1.82) is 0 Å². The van der Waals surface area contributed by atoms with Crippen molar-refractivity contribution in [2.75, 3.05) is 6.61 Å². The standard InChI is InChI=1S/C22H23N3O3S2/c1-6-28-21(27)18-13(3)23-22-25(19(18)16-8-7-9-29-16)20(26)17(30-22)11-15-10-12(2)24(5)14(15)4/h7-11,19H,6H2,1-5H3/t19-/m0/s1. The molecule has 6 nitrogen and oxygen atoms in total. The molecule has 156 valence electrons. The molecular formula is C22H23N3O3S2. The summed E-state index contributed by atoms with van der Waals surface area (Å²) in [6, 6.07) is 5.40. The monoisotopic (exact) mass is 441 g/mol. The van der Waals surface area contributed by atoms with E-state index < -0.39 is 12.0 Å². The lowest BCUT2D eigenvalue weighted by molar-refractivity contribution is -0.139. The minimum atomic E-state index is -0.527. The van der Waals surface area contributed by atoms with Crippen molar-refractivity contribution in [3.8, 4) is 0 Å². The first-order valence-corrected chi connectivity index (χ1v) is 11.4. The Bertz CT molecular complexity index is 1340. The highest BCUT2D eigenvalue weighted by Gasteiger charge is 2.33. The second kappa shape index (κ2) is 7.85. The average Bonchev–Trinajstić information content (AvgIpc) is 3.39. The number of aromatic nitrogens is 2. The fraction of sp³-hybridized carbons (Fsp3) is 0.318. The van der Waals surface area contributed by atoms with E-state index in [-0.39, 0.29) is 12.2 Å². The van der Waals surface area contributed by atoms with E-state index in [9.17, 15) is 9.59 Å². The molecule has 1 aliphatic heterocycles. The third-order valence-corrected chi connectivity index (χ3v) is 7.34. The Hall–Kier alpha value is -2.71. The zero-order valence-corrected chi connectivity index (χ0v) is 19.2. The van der Waals surface area contributed by atoms with E-state index in [4.69, 9.17) is 4.74 Å². The lowest BCUT2D eigenvalue weighted by Crippen LogP contribution is -2.39. The number of nitrogens with zero attached hydrogens (tertiary/aromatic N) is 3. The molecule has 3 aromatic heterocycles. The molecule has 4 rings (SSSR count). The highest BCUT2D eigenvalue weighted by atomic mass is 32.1. The van der Waals surface area contributed by atoms with Gasteiger partial charge in [-0.3, -0.25) is 9.36 Å².